The average molecular weight is 300 g/mol. The van der Waals surface area contributed by atoms with Crippen molar-refractivity contribution >= 4 is 11.9 Å². The number of carbonyl (C=O) groups is 2. The Morgan fingerprint density at radius 3 is 2.64 bits per heavy atom. The number of piperidine rings is 1. The van der Waals surface area contributed by atoms with Crippen LogP contribution in [0.25, 0.3) is 11.3 Å². The molecule has 0 radical (unpaired) electrons. The van der Waals surface area contributed by atoms with Crippen molar-refractivity contribution in [3.8, 4) is 11.3 Å². The molecule has 1 aliphatic rings. The van der Waals surface area contributed by atoms with Crippen molar-refractivity contribution in [2.45, 2.75) is 25.3 Å². The normalized spacial score (nSPS) is 18.2. The highest BCUT2D eigenvalue weighted by Gasteiger charge is 2.32. The van der Waals surface area contributed by atoms with Crippen molar-refractivity contribution < 1.29 is 19.1 Å². The molecule has 0 bridgehead atoms. The third kappa shape index (κ3) is 2.72. The van der Waals surface area contributed by atoms with Crippen molar-refractivity contribution in [3.05, 3.63) is 42.4 Å². The molecule has 0 saturated carbocycles. The van der Waals surface area contributed by atoms with Crippen molar-refractivity contribution in [2.24, 2.45) is 0 Å². The summed E-state index contributed by atoms with van der Waals surface area (Å²) >= 11 is 0. The summed E-state index contributed by atoms with van der Waals surface area (Å²) in [6, 6.07) is 6.19. The highest BCUT2D eigenvalue weighted by molar-refractivity contribution is 5.97. The summed E-state index contributed by atoms with van der Waals surface area (Å²) < 4.78 is 5.20. The standard InChI is InChI=1S/C16H16N2O4/c19-15(18-8-2-1-3-13(18)16(20)21)12-6-4-11(5-7-12)14-9-17-10-22-14/h4-7,9-10,13H,1-3,8H2,(H,20,21)/t13-/m1/s1. The predicted octanol–water partition coefficient (Wildman–Crippen LogP) is 2.42. The van der Waals surface area contributed by atoms with E-state index in [9.17, 15) is 14.7 Å². The number of hydrogen-bond donors (Lipinski definition) is 1. The molecule has 1 amide bonds. The average Bonchev–Trinajstić information content (AvgIpc) is 3.09. The molecule has 1 atom stereocenters. The van der Waals surface area contributed by atoms with E-state index in [1.807, 2.05) is 0 Å². The zero-order valence-corrected chi connectivity index (χ0v) is 11.9. The molecule has 6 heteroatoms. The van der Waals surface area contributed by atoms with Crippen LogP contribution in [0.1, 0.15) is 29.6 Å². The second-order valence-corrected chi connectivity index (χ2v) is 5.29. The molecule has 22 heavy (non-hydrogen) atoms. The Labute approximate surface area is 127 Å². The van der Waals surface area contributed by atoms with Gasteiger partial charge in [0.2, 0.25) is 0 Å². The van der Waals surface area contributed by atoms with Crippen LogP contribution in [-0.4, -0.2) is 39.5 Å². The number of hydrogen-bond acceptors (Lipinski definition) is 4. The van der Waals surface area contributed by atoms with Gasteiger partial charge in [-0.25, -0.2) is 9.78 Å². The van der Waals surface area contributed by atoms with Gasteiger partial charge in [-0.3, -0.25) is 4.79 Å². The second kappa shape index (κ2) is 6.01. The fraction of sp³-hybridized carbons (Fsp3) is 0.312. The number of oxazole rings is 1. The van der Waals surface area contributed by atoms with Gasteiger partial charge in [-0.15, -0.1) is 0 Å². The molecule has 3 rings (SSSR count). The van der Waals surface area contributed by atoms with Gasteiger partial charge in [0.25, 0.3) is 5.91 Å². The van der Waals surface area contributed by atoms with E-state index in [1.165, 1.54) is 11.3 Å². The summed E-state index contributed by atoms with van der Waals surface area (Å²) in [6.07, 6.45) is 5.13. The van der Waals surface area contributed by atoms with Gasteiger partial charge in [0.1, 0.15) is 6.04 Å². The largest absolute Gasteiger partial charge is 0.480 e. The minimum atomic E-state index is -0.939. The Morgan fingerprint density at radius 2 is 2.00 bits per heavy atom. The molecule has 0 unspecified atom stereocenters. The molecule has 114 valence electrons. The third-order valence-electron chi connectivity index (χ3n) is 3.90. The first-order valence-corrected chi connectivity index (χ1v) is 7.19. The minimum Gasteiger partial charge on any atom is -0.480 e. The number of amides is 1. The molecule has 1 aromatic carbocycles. The monoisotopic (exact) mass is 300 g/mol. The Kier molecular flexibility index (Phi) is 3.91. The number of benzene rings is 1. The third-order valence-corrected chi connectivity index (χ3v) is 3.90. The van der Waals surface area contributed by atoms with E-state index < -0.39 is 12.0 Å². The van der Waals surface area contributed by atoms with Crippen LogP contribution in [0.3, 0.4) is 0 Å². The maximum Gasteiger partial charge on any atom is 0.326 e. The van der Waals surface area contributed by atoms with E-state index in [1.54, 1.807) is 30.5 Å². The van der Waals surface area contributed by atoms with E-state index in [4.69, 9.17) is 4.42 Å². The molecule has 2 heterocycles. The fourth-order valence-electron chi connectivity index (χ4n) is 2.73. The van der Waals surface area contributed by atoms with Gasteiger partial charge in [0, 0.05) is 17.7 Å². The second-order valence-electron chi connectivity index (χ2n) is 5.29. The lowest BCUT2D eigenvalue weighted by molar-refractivity contribution is -0.143. The summed E-state index contributed by atoms with van der Waals surface area (Å²) in [5, 5.41) is 9.26. The molecule has 1 aliphatic heterocycles. The van der Waals surface area contributed by atoms with Crippen molar-refractivity contribution in [3.63, 3.8) is 0 Å². The highest BCUT2D eigenvalue weighted by atomic mass is 16.4. The number of aliphatic carboxylic acids is 1. The smallest absolute Gasteiger partial charge is 0.326 e. The maximum atomic E-state index is 12.5. The highest BCUT2D eigenvalue weighted by Crippen LogP contribution is 2.22. The zero-order chi connectivity index (χ0) is 15.5. The number of carbonyl (C=O) groups excluding carboxylic acids is 1. The van der Waals surface area contributed by atoms with Gasteiger partial charge in [-0.05, 0) is 31.4 Å². The van der Waals surface area contributed by atoms with Crippen LogP contribution in [0.2, 0.25) is 0 Å². The van der Waals surface area contributed by atoms with E-state index in [0.717, 1.165) is 18.4 Å². The van der Waals surface area contributed by atoms with Gasteiger partial charge in [-0.2, -0.15) is 0 Å². The van der Waals surface area contributed by atoms with Gasteiger partial charge in [0.15, 0.2) is 12.2 Å². The molecule has 6 nitrogen and oxygen atoms in total. The zero-order valence-electron chi connectivity index (χ0n) is 11.9. The van der Waals surface area contributed by atoms with E-state index in [0.29, 0.717) is 24.3 Å². The Morgan fingerprint density at radius 1 is 1.23 bits per heavy atom. The topological polar surface area (TPSA) is 83.6 Å². The van der Waals surface area contributed by atoms with Gasteiger partial charge < -0.3 is 14.4 Å². The molecule has 0 spiro atoms. The van der Waals surface area contributed by atoms with Crippen molar-refractivity contribution in [1.82, 2.24) is 9.88 Å². The van der Waals surface area contributed by atoms with Crippen LogP contribution in [0.15, 0.2) is 41.3 Å². The first-order chi connectivity index (χ1) is 10.7. The number of carboxylic acids is 1. The van der Waals surface area contributed by atoms with Crippen molar-refractivity contribution in [2.75, 3.05) is 6.54 Å². The van der Waals surface area contributed by atoms with Crippen LogP contribution in [0.4, 0.5) is 0 Å². The number of nitrogens with zero attached hydrogens (tertiary/aromatic N) is 2. The quantitative estimate of drug-likeness (QED) is 0.941. The molecule has 1 N–H and O–H groups in total. The summed E-state index contributed by atoms with van der Waals surface area (Å²) in [5.41, 5.74) is 1.30. The van der Waals surface area contributed by atoms with Gasteiger partial charge in [0.05, 0.1) is 6.20 Å². The molecule has 1 aromatic heterocycles. The molecular weight excluding hydrogens is 284 g/mol. The first-order valence-electron chi connectivity index (χ1n) is 7.19. The Hall–Kier alpha value is -2.63. The van der Waals surface area contributed by atoms with Gasteiger partial charge in [-0.1, -0.05) is 12.1 Å². The van der Waals surface area contributed by atoms with Crippen LogP contribution < -0.4 is 0 Å². The number of aromatic nitrogens is 1. The Bertz CT molecular complexity index is 664. The van der Waals surface area contributed by atoms with Crippen LogP contribution in [-0.2, 0) is 4.79 Å². The van der Waals surface area contributed by atoms with E-state index in [2.05, 4.69) is 4.98 Å². The molecule has 2 aromatic rings. The van der Waals surface area contributed by atoms with E-state index >= 15 is 0 Å². The lowest BCUT2D eigenvalue weighted by Crippen LogP contribution is -2.47. The number of likely N-dealkylation sites (tertiary alicyclic amines) is 1. The summed E-state index contributed by atoms with van der Waals surface area (Å²) in [4.78, 5) is 29.1. The number of rotatable bonds is 3. The Balaban J connectivity index is 1.81. The predicted molar refractivity (Wildman–Crippen MR) is 78.3 cm³/mol. The summed E-state index contributed by atoms with van der Waals surface area (Å²) in [6.45, 7) is 0.486. The SMILES string of the molecule is O=C(O)[C@H]1CCCCN1C(=O)c1ccc(-c2cnco2)cc1. The molecule has 1 saturated heterocycles. The molecular formula is C16H16N2O4. The summed E-state index contributed by atoms with van der Waals surface area (Å²) in [5.74, 6) is -0.553. The minimum absolute atomic E-state index is 0.240. The lowest BCUT2D eigenvalue weighted by Gasteiger charge is -2.33. The first kappa shape index (κ1) is 14.3. The lowest BCUT2D eigenvalue weighted by atomic mass is 10.0. The molecule has 0 aliphatic carbocycles. The maximum absolute atomic E-state index is 12.5. The van der Waals surface area contributed by atoms with Crippen LogP contribution in [0, 0.1) is 0 Å². The van der Waals surface area contributed by atoms with Gasteiger partial charge >= 0.3 is 5.97 Å². The fourth-order valence-corrected chi connectivity index (χ4v) is 2.73. The van der Waals surface area contributed by atoms with E-state index in [-0.39, 0.29) is 5.91 Å². The van der Waals surface area contributed by atoms with Crippen LogP contribution in [0.5, 0.6) is 0 Å². The van der Waals surface area contributed by atoms with Crippen LogP contribution >= 0.6 is 0 Å². The molecule has 1 fully saturated rings. The number of carboxylic acid groups (broad SMARTS) is 1. The summed E-state index contributed by atoms with van der Waals surface area (Å²) in [7, 11) is 0. The van der Waals surface area contributed by atoms with Crippen molar-refractivity contribution in [1.29, 1.82) is 0 Å².